The molecule has 0 aliphatic carbocycles. The summed E-state index contributed by atoms with van der Waals surface area (Å²) in [5.74, 6) is -1.06. The van der Waals surface area contributed by atoms with Crippen LogP contribution in [0, 0.1) is 0 Å². The summed E-state index contributed by atoms with van der Waals surface area (Å²) in [7, 11) is 0. The Bertz CT molecular complexity index is 554. The highest BCUT2D eigenvalue weighted by Gasteiger charge is 2.10. The predicted molar refractivity (Wildman–Crippen MR) is 63.2 cm³/mol. The molecule has 2 rings (SSSR count). The Kier molecular flexibility index (Phi) is 2.98. The quantitative estimate of drug-likeness (QED) is 0.927. The van der Waals surface area contributed by atoms with Gasteiger partial charge >= 0.3 is 5.97 Å². The lowest BCUT2D eigenvalue weighted by atomic mass is 10.3. The third kappa shape index (κ3) is 1.96. The third-order valence-electron chi connectivity index (χ3n) is 2.01. The van der Waals surface area contributed by atoms with E-state index in [-0.39, 0.29) is 5.69 Å². The van der Waals surface area contributed by atoms with Gasteiger partial charge in [0.2, 0.25) is 0 Å². The van der Waals surface area contributed by atoms with Crippen molar-refractivity contribution >= 4 is 33.5 Å². The largest absolute Gasteiger partial charge is 0.476 e. The number of nitrogens with zero attached hydrogens (tertiary/aromatic N) is 2. The van der Waals surface area contributed by atoms with Crippen molar-refractivity contribution in [3.05, 3.63) is 45.9 Å². The molecule has 0 amide bonds. The van der Waals surface area contributed by atoms with Crippen LogP contribution in [-0.4, -0.2) is 20.6 Å². The first-order valence-corrected chi connectivity index (χ1v) is 5.48. The second-order valence-corrected chi connectivity index (χ2v) is 4.24. The van der Waals surface area contributed by atoms with Gasteiger partial charge in [-0.25, -0.2) is 9.78 Å². The molecule has 0 radical (unpaired) electrons. The van der Waals surface area contributed by atoms with E-state index in [0.29, 0.717) is 9.50 Å². The second kappa shape index (κ2) is 4.27. The highest BCUT2D eigenvalue weighted by atomic mass is 79.9. The van der Waals surface area contributed by atoms with E-state index in [0.717, 1.165) is 5.69 Å². The fourth-order valence-corrected chi connectivity index (χ4v) is 1.90. The topological polar surface area (TPSA) is 55.1 Å². The molecular formula is C10H6BrClN2O2. The molecule has 0 aliphatic heterocycles. The molecule has 16 heavy (non-hydrogen) atoms. The number of carbonyl (C=O) groups is 1. The van der Waals surface area contributed by atoms with Gasteiger partial charge in [0.05, 0.1) is 15.2 Å². The predicted octanol–water partition coefficient (Wildman–Crippen LogP) is 2.99. The van der Waals surface area contributed by atoms with Crippen LogP contribution in [0.2, 0.25) is 5.02 Å². The Balaban J connectivity index is 2.50. The summed E-state index contributed by atoms with van der Waals surface area (Å²) in [5, 5.41) is 9.31. The Morgan fingerprint density at radius 3 is 2.88 bits per heavy atom. The number of rotatable bonds is 2. The fourth-order valence-electron chi connectivity index (χ4n) is 1.26. The van der Waals surface area contributed by atoms with Crippen molar-refractivity contribution in [3.8, 4) is 5.69 Å². The zero-order valence-corrected chi connectivity index (χ0v) is 10.2. The van der Waals surface area contributed by atoms with Crippen LogP contribution < -0.4 is 0 Å². The molecule has 0 aliphatic rings. The second-order valence-electron chi connectivity index (χ2n) is 3.04. The molecular weight excluding hydrogens is 295 g/mol. The van der Waals surface area contributed by atoms with E-state index in [1.807, 2.05) is 6.07 Å². The summed E-state index contributed by atoms with van der Waals surface area (Å²) < 4.78 is 2.30. The molecule has 2 aromatic rings. The highest BCUT2D eigenvalue weighted by molar-refractivity contribution is 9.10. The van der Waals surface area contributed by atoms with Gasteiger partial charge in [-0.15, -0.1) is 0 Å². The van der Waals surface area contributed by atoms with Crippen LogP contribution in [0.15, 0.2) is 35.2 Å². The lowest BCUT2D eigenvalue weighted by molar-refractivity contribution is 0.0691. The van der Waals surface area contributed by atoms with Gasteiger partial charge in [0.15, 0.2) is 5.69 Å². The summed E-state index contributed by atoms with van der Waals surface area (Å²) in [6, 6.07) is 5.33. The van der Waals surface area contributed by atoms with E-state index in [2.05, 4.69) is 20.9 Å². The summed E-state index contributed by atoms with van der Waals surface area (Å²) in [5.41, 5.74) is 0.736. The monoisotopic (exact) mass is 300 g/mol. The van der Waals surface area contributed by atoms with Gasteiger partial charge in [-0.05, 0) is 28.1 Å². The highest BCUT2D eigenvalue weighted by Crippen LogP contribution is 2.28. The van der Waals surface area contributed by atoms with Crippen LogP contribution in [0.4, 0.5) is 0 Å². The van der Waals surface area contributed by atoms with Gasteiger partial charge in [0, 0.05) is 6.20 Å². The lowest BCUT2D eigenvalue weighted by Crippen LogP contribution is -1.96. The Labute approximate surface area is 105 Å². The molecule has 1 N–H and O–H groups in total. The molecule has 1 heterocycles. The van der Waals surface area contributed by atoms with Crippen LogP contribution in [0.1, 0.15) is 10.5 Å². The van der Waals surface area contributed by atoms with E-state index < -0.39 is 5.97 Å². The Morgan fingerprint density at radius 2 is 2.25 bits per heavy atom. The molecule has 6 heteroatoms. The van der Waals surface area contributed by atoms with Crippen LogP contribution in [0.5, 0.6) is 0 Å². The zero-order chi connectivity index (χ0) is 11.7. The molecule has 0 saturated carbocycles. The van der Waals surface area contributed by atoms with Gasteiger partial charge in [-0.1, -0.05) is 17.7 Å². The first kappa shape index (κ1) is 11.2. The average molecular weight is 302 g/mol. The SMILES string of the molecule is O=C(O)c1cn(-c2cccc(Cl)c2Br)cn1. The standard InChI is InChI=1S/C10H6BrClN2O2/c11-9-6(12)2-1-3-8(9)14-4-7(10(15)16)13-5-14/h1-5H,(H,15,16). The van der Waals surface area contributed by atoms with Gasteiger partial charge in [-0.2, -0.15) is 0 Å². The first-order chi connectivity index (χ1) is 7.59. The smallest absolute Gasteiger partial charge is 0.356 e. The number of aromatic nitrogens is 2. The number of aromatic carboxylic acids is 1. The van der Waals surface area contributed by atoms with Gasteiger partial charge in [0.25, 0.3) is 0 Å². The van der Waals surface area contributed by atoms with Crippen LogP contribution in [0.3, 0.4) is 0 Å². The van der Waals surface area contributed by atoms with Crippen molar-refractivity contribution in [2.75, 3.05) is 0 Å². The summed E-state index contributed by atoms with van der Waals surface area (Å²) in [4.78, 5) is 14.4. The van der Waals surface area contributed by atoms with Crippen molar-refractivity contribution in [1.29, 1.82) is 0 Å². The van der Waals surface area contributed by atoms with Gasteiger partial charge in [-0.3, -0.25) is 0 Å². The Morgan fingerprint density at radius 1 is 1.50 bits per heavy atom. The van der Waals surface area contributed by atoms with Crippen LogP contribution in [0.25, 0.3) is 5.69 Å². The number of carboxylic acids is 1. The van der Waals surface area contributed by atoms with Crippen molar-refractivity contribution in [1.82, 2.24) is 9.55 Å². The Hall–Kier alpha value is -1.33. The number of imidazole rings is 1. The van der Waals surface area contributed by atoms with E-state index in [1.54, 1.807) is 16.7 Å². The number of hydrogen-bond donors (Lipinski definition) is 1. The lowest BCUT2D eigenvalue weighted by Gasteiger charge is -2.05. The van der Waals surface area contributed by atoms with Crippen molar-refractivity contribution < 1.29 is 9.90 Å². The maximum absolute atomic E-state index is 10.7. The van der Waals surface area contributed by atoms with E-state index >= 15 is 0 Å². The minimum absolute atomic E-state index is 0.00752. The number of halogens is 2. The maximum atomic E-state index is 10.7. The third-order valence-corrected chi connectivity index (χ3v) is 3.39. The summed E-state index contributed by atoms with van der Waals surface area (Å²) in [6.07, 6.45) is 2.86. The van der Waals surface area contributed by atoms with Gasteiger partial charge < -0.3 is 9.67 Å². The zero-order valence-electron chi connectivity index (χ0n) is 7.89. The molecule has 0 saturated heterocycles. The minimum atomic E-state index is -1.06. The number of carboxylic acid groups (broad SMARTS) is 1. The maximum Gasteiger partial charge on any atom is 0.356 e. The molecule has 0 unspecified atom stereocenters. The summed E-state index contributed by atoms with van der Waals surface area (Å²) >= 11 is 9.27. The van der Waals surface area contributed by atoms with Crippen LogP contribution >= 0.6 is 27.5 Å². The van der Waals surface area contributed by atoms with Crippen molar-refractivity contribution in [3.63, 3.8) is 0 Å². The summed E-state index contributed by atoms with van der Waals surface area (Å²) in [6.45, 7) is 0. The number of benzene rings is 1. The normalized spacial score (nSPS) is 10.4. The van der Waals surface area contributed by atoms with E-state index in [4.69, 9.17) is 16.7 Å². The van der Waals surface area contributed by atoms with Crippen molar-refractivity contribution in [2.45, 2.75) is 0 Å². The molecule has 4 nitrogen and oxygen atoms in total. The molecule has 82 valence electrons. The van der Waals surface area contributed by atoms with E-state index in [9.17, 15) is 4.79 Å². The van der Waals surface area contributed by atoms with Crippen molar-refractivity contribution in [2.24, 2.45) is 0 Å². The van der Waals surface area contributed by atoms with Crippen LogP contribution in [-0.2, 0) is 0 Å². The minimum Gasteiger partial charge on any atom is -0.476 e. The molecule has 1 aromatic carbocycles. The molecule has 0 fully saturated rings. The molecule has 0 spiro atoms. The number of hydrogen-bond acceptors (Lipinski definition) is 2. The first-order valence-electron chi connectivity index (χ1n) is 4.31. The molecule has 1 aromatic heterocycles. The van der Waals surface area contributed by atoms with Gasteiger partial charge in [0.1, 0.15) is 6.33 Å². The molecule has 0 atom stereocenters. The molecule has 0 bridgehead atoms. The van der Waals surface area contributed by atoms with E-state index in [1.165, 1.54) is 12.5 Å². The fraction of sp³-hybridized carbons (Fsp3) is 0. The average Bonchev–Trinajstić information content (AvgIpc) is 2.71.